The number of likely N-dealkylation sites (tertiary alicyclic amines) is 1. The number of alkyl carbamates (subject to hydrolysis) is 1. The van der Waals surface area contributed by atoms with Crippen molar-refractivity contribution in [2.24, 2.45) is 11.8 Å². The van der Waals surface area contributed by atoms with E-state index < -0.39 is 29.9 Å². The maximum atomic E-state index is 13.1. The van der Waals surface area contributed by atoms with Gasteiger partial charge in [0, 0.05) is 24.9 Å². The number of nitrogens with zero attached hydrogens (tertiary/aromatic N) is 1. The first kappa shape index (κ1) is 22.2. The lowest BCUT2D eigenvalue weighted by Crippen LogP contribution is -2.51. The molecule has 0 aromatic heterocycles. The van der Waals surface area contributed by atoms with Gasteiger partial charge in [-0.15, -0.1) is 0 Å². The molecule has 1 aliphatic rings. The van der Waals surface area contributed by atoms with Gasteiger partial charge in [0.05, 0.1) is 0 Å². The third-order valence-corrected chi connectivity index (χ3v) is 4.89. The van der Waals surface area contributed by atoms with E-state index in [-0.39, 0.29) is 24.3 Å². The summed E-state index contributed by atoms with van der Waals surface area (Å²) in [5, 5.41) is 22.3. The van der Waals surface area contributed by atoms with Gasteiger partial charge in [0.2, 0.25) is 5.91 Å². The van der Waals surface area contributed by atoms with Gasteiger partial charge in [0.15, 0.2) is 6.29 Å². The second-order valence-electron chi connectivity index (χ2n) is 8.71. The minimum atomic E-state index is -1.53. The number of ether oxygens (including phenoxy) is 1. The molecule has 156 valence electrons. The van der Waals surface area contributed by atoms with E-state index in [1.165, 1.54) is 0 Å². The Kier molecular flexibility index (Phi) is 7.06. The number of hydrogen-bond donors (Lipinski definition) is 3. The van der Waals surface area contributed by atoms with Crippen LogP contribution in [0.5, 0.6) is 0 Å². The van der Waals surface area contributed by atoms with Crippen LogP contribution >= 0.6 is 0 Å². The Balaban J connectivity index is 2.15. The Morgan fingerprint density at radius 2 is 1.75 bits per heavy atom. The molecule has 2 rings (SSSR count). The van der Waals surface area contributed by atoms with E-state index in [0.717, 1.165) is 5.56 Å². The van der Waals surface area contributed by atoms with Crippen molar-refractivity contribution in [1.82, 2.24) is 10.2 Å². The van der Waals surface area contributed by atoms with E-state index in [0.29, 0.717) is 6.54 Å². The normalized spacial score (nSPS) is 21.1. The second kappa shape index (κ2) is 8.92. The number of amides is 2. The molecule has 0 bridgehead atoms. The van der Waals surface area contributed by atoms with Crippen molar-refractivity contribution in [2.45, 2.75) is 58.5 Å². The lowest BCUT2D eigenvalue weighted by atomic mass is 9.88. The monoisotopic (exact) mass is 392 g/mol. The summed E-state index contributed by atoms with van der Waals surface area (Å²) < 4.78 is 5.28. The molecule has 1 unspecified atom stereocenters. The maximum Gasteiger partial charge on any atom is 0.408 e. The van der Waals surface area contributed by atoms with Crippen molar-refractivity contribution in [3.63, 3.8) is 0 Å². The van der Waals surface area contributed by atoms with Gasteiger partial charge in [-0.1, -0.05) is 44.2 Å². The van der Waals surface area contributed by atoms with E-state index in [2.05, 4.69) is 5.32 Å². The molecule has 1 aromatic carbocycles. The number of aliphatic hydroxyl groups excluding tert-OH is 1. The second-order valence-corrected chi connectivity index (χ2v) is 8.71. The van der Waals surface area contributed by atoms with E-state index in [1.54, 1.807) is 25.7 Å². The van der Waals surface area contributed by atoms with Gasteiger partial charge in [-0.05, 0) is 32.3 Å². The Hall–Kier alpha value is -2.12. The van der Waals surface area contributed by atoms with Crippen LogP contribution in [0.4, 0.5) is 4.79 Å². The third-order valence-electron chi connectivity index (χ3n) is 4.89. The first-order valence-corrected chi connectivity index (χ1v) is 9.69. The van der Waals surface area contributed by atoms with Gasteiger partial charge in [0.25, 0.3) is 0 Å². The number of hydrogen-bond acceptors (Lipinski definition) is 5. The molecule has 3 atom stereocenters. The Morgan fingerprint density at radius 3 is 2.25 bits per heavy atom. The largest absolute Gasteiger partial charge is 0.444 e. The molecule has 0 saturated carbocycles. The molecule has 1 fully saturated rings. The first-order valence-electron chi connectivity index (χ1n) is 9.69. The number of nitrogens with one attached hydrogen (secondary N) is 1. The Morgan fingerprint density at radius 1 is 1.14 bits per heavy atom. The fourth-order valence-electron chi connectivity index (χ4n) is 3.51. The van der Waals surface area contributed by atoms with Crippen molar-refractivity contribution < 1.29 is 24.5 Å². The number of carbonyl (C=O) groups is 2. The predicted molar refractivity (Wildman–Crippen MR) is 105 cm³/mol. The van der Waals surface area contributed by atoms with Crippen LogP contribution in [0.15, 0.2) is 30.3 Å². The lowest BCUT2D eigenvalue weighted by molar-refractivity contribution is -0.134. The van der Waals surface area contributed by atoms with Gasteiger partial charge in [-0.2, -0.15) is 0 Å². The molecule has 1 saturated heterocycles. The fraction of sp³-hybridized carbons (Fsp3) is 0.619. The Bertz CT molecular complexity index is 669. The molecule has 2 amide bonds. The summed E-state index contributed by atoms with van der Waals surface area (Å²) in [6.45, 7) is 9.57. The molecule has 0 spiro atoms. The standard InChI is InChI=1S/C21H32N2O5/c1-13(2)17(22-20(27)28-21(3,4)5)18(24)23-11-15(16(12-23)19(25)26)14-9-7-6-8-10-14/h6-10,13,15-17,19,25-26H,11-12H2,1-5H3,(H,22,27)/t15-,16?,17+/m1/s1. The SMILES string of the molecule is CC(C)[C@H](NC(=O)OC(C)(C)C)C(=O)N1CC(C(O)O)[C@@H](c2ccccc2)C1. The predicted octanol–water partition coefficient (Wildman–Crippen LogP) is 2.09. The molecule has 1 aromatic rings. The Labute approximate surface area is 166 Å². The van der Waals surface area contributed by atoms with Gasteiger partial charge in [-0.3, -0.25) is 4.79 Å². The molecule has 0 aliphatic carbocycles. The van der Waals surface area contributed by atoms with Crippen LogP contribution in [0.2, 0.25) is 0 Å². The smallest absolute Gasteiger partial charge is 0.408 e. The van der Waals surface area contributed by atoms with E-state index in [1.807, 2.05) is 44.2 Å². The van der Waals surface area contributed by atoms with Crippen LogP contribution in [0.3, 0.4) is 0 Å². The molecule has 1 heterocycles. The van der Waals surface area contributed by atoms with Crippen LogP contribution < -0.4 is 5.32 Å². The summed E-state index contributed by atoms with van der Waals surface area (Å²) in [5.74, 6) is -1.06. The van der Waals surface area contributed by atoms with E-state index in [9.17, 15) is 19.8 Å². The maximum absolute atomic E-state index is 13.1. The highest BCUT2D eigenvalue weighted by molar-refractivity contribution is 5.86. The van der Waals surface area contributed by atoms with Gasteiger partial charge >= 0.3 is 6.09 Å². The topological polar surface area (TPSA) is 99.1 Å². The minimum absolute atomic E-state index is 0.145. The molecule has 28 heavy (non-hydrogen) atoms. The minimum Gasteiger partial charge on any atom is -0.444 e. The van der Waals surface area contributed by atoms with E-state index in [4.69, 9.17) is 4.74 Å². The average Bonchev–Trinajstić information content (AvgIpc) is 3.04. The highest BCUT2D eigenvalue weighted by Gasteiger charge is 2.42. The molecular formula is C21H32N2O5. The average molecular weight is 392 g/mol. The molecule has 0 radical (unpaired) electrons. The van der Waals surface area contributed by atoms with Crippen molar-refractivity contribution in [3.05, 3.63) is 35.9 Å². The summed E-state index contributed by atoms with van der Waals surface area (Å²) in [5.41, 5.74) is 0.296. The van der Waals surface area contributed by atoms with Crippen LogP contribution in [-0.4, -0.2) is 58.1 Å². The highest BCUT2D eigenvalue weighted by atomic mass is 16.6. The number of carbonyl (C=O) groups excluding carboxylic acids is 2. The molecular weight excluding hydrogens is 360 g/mol. The number of benzene rings is 1. The number of aliphatic hydroxyl groups is 2. The first-order chi connectivity index (χ1) is 13.0. The zero-order valence-electron chi connectivity index (χ0n) is 17.3. The van der Waals surface area contributed by atoms with Crippen molar-refractivity contribution >= 4 is 12.0 Å². The third kappa shape index (κ3) is 5.69. The quantitative estimate of drug-likeness (QED) is 0.667. The summed E-state index contributed by atoms with van der Waals surface area (Å²) >= 11 is 0. The van der Waals surface area contributed by atoms with Crippen molar-refractivity contribution in [1.29, 1.82) is 0 Å². The molecule has 7 heteroatoms. The zero-order valence-corrected chi connectivity index (χ0v) is 17.3. The summed E-state index contributed by atoms with van der Waals surface area (Å²) in [4.78, 5) is 26.9. The van der Waals surface area contributed by atoms with Gasteiger partial charge in [-0.25, -0.2) is 4.79 Å². The van der Waals surface area contributed by atoms with Crippen molar-refractivity contribution in [2.75, 3.05) is 13.1 Å². The summed E-state index contributed by atoms with van der Waals surface area (Å²) in [7, 11) is 0. The van der Waals surface area contributed by atoms with Gasteiger partial charge < -0.3 is 25.2 Å². The van der Waals surface area contributed by atoms with E-state index >= 15 is 0 Å². The van der Waals surface area contributed by atoms with Crippen LogP contribution in [0, 0.1) is 11.8 Å². The highest BCUT2D eigenvalue weighted by Crippen LogP contribution is 2.34. The molecule has 3 N–H and O–H groups in total. The lowest BCUT2D eigenvalue weighted by Gasteiger charge is -2.28. The van der Waals surface area contributed by atoms with Crippen molar-refractivity contribution in [3.8, 4) is 0 Å². The van der Waals surface area contributed by atoms with Gasteiger partial charge in [0.1, 0.15) is 11.6 Å². The van der Waals surface area contributed by atoms with Crippen LogP contribution in [0.25, 0.3) is 0 Å². The molecule has 1 aliphatic heterocycles. The summed E-state index contributed by atoms with van der Waals surface area (Å²) in [6.07, 6.45) is -2.17. The summed E-state index contributed by atoms with van der Waals surface area (Å²) in [6, 6.07) is 8.77. The molecule has 7 nitrogen and oxygen atoms in total. The zero-order chi connectivity index (χ0) is 21.1. The van der Waals surface area contributed by atoms with Crippen LogP contribution in [-0.2, 0) is 9.53 Å². The van der Waals surface area contributed by atoms with Crippen LogP contribution in [0.1, 0.15) is 46.1 Å². The fourth-order valence-corrected chi connectivity index (χ4v) is 3.51. The number of rotatable bonds is 5.